The number of alkyl halides is 6. The van der Waals surface area contributed by atoms with Crippen LogP contribution in [0.5, 0.6) is 0 Å². The Morgan fingerprint density at radius 3 is 2.50 bits per heavy atom. The van der Waals surface area contributed by atoms with Gasteiger partial charge in [0.15, 0.2) is 0 Å². The van der Waals surface area contributed by atoms with Gasteiger partial charge in [0.25, 0.3) is 0 Å². The minimum atomic E-state index is -5.06. The molecule has 0 saturated carbocycles. The standard InChI is InChI=1S/C24H15F7N6O/c25-18-4-2-1-3-13(18)9-32-22-21-20(33-12-34-21)11-37(35-22)10-15-8-19(36-38-15)16-6-5-14(23(26,27)28)7-17(16)24(29,30)31/h1-8,11-12H,9-10H2,(H,32,35)/p+1. The number of aromatic nitrogens is 5. The Morgan fingerprint density at radius 1 is 0.974 bits per heavy atom. The lowest BCUT2D eigenvalue weighted by Gasteiger charge is -2.14. The molecule has 0 aliphatic heterocycles. The van der Waals surface area contributed by atoms with E-state index in [1.165, 1.54) is 23.1 Å². The van der Waals surface area contributed by atoms with Gasteiger partial charge in [-0.1, -0.05) is 34.1 Å². The molecule has 2 N–H and O–H groups in total. The molecular weight excluding hydrogens is 521 g/mol. The molecule has 0 unspecified atom stereocenters. The number of rotatable bonds is 6. The molecule has 0 saturated heterocycles. The second-order valence-corrected chi connectivity index (χ2v) is 8.22. The SMILES string of the molecule is Fc1ccccc1CNc1n[n+](Cc2cc(-c3ccc(C(F)(F)F)cc3C(F)(F)F)no2)cc2[nH]cnc12. The molecule has 2 aromatic carbocycles. The first-order valence-corrected chi connectivity index (χ1v) is 10.9. The van der Waals surface area contributed by atoms with Gasteiger partial charge in [-0.25, -0.2) is 9.37 Å². The number of benzene rings is 2. The molecule has 0 fully saturated rings. The number of aromatic amines is 1. The van der Waals surface area contributed by atoms with Crippen molar-refractivity contribution >= 4 is 16.9 Å². The number of halogens is 7. The zero-order valence-electron chi connectivity index (χ0n) is 19.0. The lowest BCUT2D eigenvalue weighted by molar-refractivity contribution is -0.745. The van der Waals surface area contributed by atoms with Crippen LogP contribution in [0.25, 0.3) is 22.3 Å². The number of anilines is 1. The third-order valence-corrected chi connectivity index (χ3v) is 5.61. The van der Waals surface area contributed by atoms with E-state index in [1.54, 1.807) is 24.4 Å². The summed E-state index contributed by atoms with van der Waals surface area (Å²) in [5.74, 6) is -0.0176. The first-order valence-electron chi connectivity index (χ1n) is 10.9. The van der Waals surface area contributed by atoms with E-state index in [9.17, 15) is 30.7 Å². The van der Waals surface area contributed by atoms with Crippen molar-refractivity contribution in [3.63, 3.8) is 0 Å². The summed E-state index contributed by atoms with van der Waals surface area (Å²) in [5, 5.41) is 11.0. The fourth-order valence-electron chi connectivity index (χ4n) is 3.82. The van der Waals surface area contributed by atoms with Crippen LogP contribution in [-0.4, -0.2) is 20.2 Å². The molecular formula is C24H16F7N6O+. The van der Waals surface area contributed by atoms with Crippen LogP contribution in [0.15, 0.2) is 65.6 Å². The fraction of sp³-hybridized carbons (Fsp3) is 0.167. The monoisotopic (exact) mass is 537 g/mol. The Balaban J connectivity index is 1.43. The van der Waals surface area contributed by atoms with E-state index < -0.39 is 34.9 Å². The quantitative estimate of drug-likeness (QED) is 0.213. The second-order valence-electron chi connectivity index (χ2n) is 8.22. The zero-order valence-corrected chi connectivity index (χ0v) is 19.0. The van der Waals surface area contributed by atoms with Crippen LogP contribution in [0.3, 0.4) is 0 Å². The van der Waals surface area contributed by atoms with Gasteiger partial charge >= 0.3 is 12.4 Å². The molecule has 0 bridgehead atoms. The van der Waals surface area contributed by atoms with Gasteiger partial charge in [0.2, 0.25) is 24.3 Å². The predicted octanol–water partition coefficient (Wildman–Crippen LogP) is 5.74. The third-order valence-electron chi connectivity index (χ3n) is 5.61. The smallest absolute Gasteiger partial charge is 0.359 e. The van der Waals surface area contributed by atoms with E-state index >= 15 is 0 Å². The summed E-state index contributed by atoms with van der Waals surface area (Å²) >= 11 is 0. The summed E-state index contributed by atoms with van der Waals surface area (Å²) in [6.45, 7) is 0.0184. The van der Waals surface area contributed by atoms with Crippen molar-refractivity contribution in [2.24, 2.45) is 0 Å². The predicted molar refractivity (Wildman–Crippen MR) is 119 cm³/mol. The van der Waals surface area contributed by atoms with E-state index in [0.717, 1.165) is 0 Å². The lowest BCUT2D eigenvalue weighted by Crippen LogP contribution is -2.38. The van der Waals surface area contributed by atoms with Crippen LogP contribution < -0.4 is 10.00 Å². The molecule has 14 heteroatoms. The highest BCUT2D eigenvalue weighted by Crippen LogP contribution is 2.40. The topological polar surface area (TPSA) is 83.5 Å². The van der Waals surface area contributed by atoms with Crippen LogP contribution >= 0.6 is 0 Å². The Kier molecular flexibility index (Phi) is 6.25. The molecule has 0 aliphatic rings. The van der Waals surface area contributed by atoms with E-state index in [4.69, 9.17) is 4.52 Å². The van der Waals surface area contributed by atoms with Gasteiger partial charge in [0.05, 0.1) is 17.5 Å². The van der Waals surface area contributed by atoms with E-state index in [1.807, 2.05) is 0 Å². The number of hydrogen-bond acceptors (Lipinski definition) is 5. The number of nitrogens with one attached hydrogen (secondary N) is 2. The van der Waals surface area contributed by atoms with Crippen molar-refractivity contribution in [1.29, 1.82) is 0 Å². The molecule has 7 nitrogen and oxygen atoms in total. The van der Waals surface area contributed by atoms with Gasteiger partial charge in [-0.15, -0.1) is 0 Å². The van der Waals surface area contributed by atoms with Crippen molar-refractivity contribution in [2.45, 2.75) is 25.4 Å². The molecule has 5 rings (SSSR count). The summed E-state index contributed by atoms with van der Waals surface area (Å²) in [6, 6.07) is 8.67. The highest BCUT2D eigenvalue weighted by atomic mass is 19.4. The second kappa shape index (κ2) is 9.43. The maximum absolute atomic E-state index is 14.0. The van der Waals surface area contributed by atoms with Gasteiger partial charge in [-0.2, -0.15) is 26.3 Å². The molecule has 0 amide bonds. The Morgan fingerprint density at radius 2 is 1.76 bits per heavy atom. The van der Waals surface area contributed by atoms with Gasteiger partial charge in [-0.3, -0.25) is 0 Å². The maximum atomic E-state index is 14.0. The van der Waals surface area contributed by atoms with Crippen molar-refractivity contribution in [1.82, 2.24) is 20.2 Å². The van der Waals surface area contributed by atoms with Crippen molar-refractivity contribution in [3.05, 3.63) is 89.3 Å². The first kappa shape index (κ1) is 25.2. The number of nitrogens with zero attached hydrogens (tertiary/aromatic N) is 4. The van der Waals surface area contributed by atoms with Gasteiger partial charge in [0, 0.05) is 28.8 Å². The van der Waals surface area contributed by atoms with Gasteiger partial charge in [-0.05, 0) is 18.2 Å². The van der Waals surface area contributed by atoms with E-state index in [-0.39, 0.29) is 30.6 Å². The first-order chi connectivity index (χ1) is 18.0. The summed E-state index contributed by atoms with van der Waals surface area (Å²) in [6.07, 6.45) is -7.01. The summed E-state index contributed by atoms with van der Waals surface area (Å²) in [7, 11) is 0. The van der Waals surface area contributed by atoms with E-state index in [2.05, 4.69) is 25.5 Å². The van der Waals surface area contributed by atoms with Crippen LogP contribution in [0.4, 0.5) is 36.6 Å². The average Bonchev–Trinajstić information content (AvgIpc) is 3.52. The molecule has 3 heterocycles. The Bertz CT molecular complexity index is 1610. The molecule has 0 radical (unpaired) electrons. The Labute approximate surface area is 208 Å². The normalized spacial score (nSPS) is 12.3. The highest BCUT2D eigenvalue weighted by Gasteiger charge is 2.39. The zero-order chi connectivity index (χ0) is 27.1. The molecule has 38 heavy (non-hydrogen) atoms. The highest BCUT2D eigenvalue weighted by molar-refractivity contribution is 5.83. The van der Waals surface area contributed by atoms with Crippen molar-refractivity contribution < 1.29 is 39.9 Å². The molecule has 3 aromatic heterocycles. The minimum absolute atomic E-state index is 0.0413. The van der Waals surface area contributed by atoms with Crippen molar-refractivity contribution in [3.8, 4) is 11.3 Å². The largest absolute Gasteiger partial charge is 0.417 e. The van der Waals surface area contributed by atoms with Gasteiger partial charge < -0.3 is 14.8 Å². The summed E-state index contributed by atoms with van der Waals surface area (Å²) in [5.41, 5.74) is -2.35. The van der Waals surface area contributed by atoms with Crippen LogP contribution in [-0.2, 0) is 25.4 Å². The van der Waals surface area contributed by atoms with E-state index in [0.29, 0.717) is 34.5 Å². The molecule has 0 atom stereocenters. The van der Waals surface area contributed by atoms with Crippen LogP contribution in [0, 0.1) is 5.82 Å². The molecule has 196 valence electrons. The van der Waals surface area contributed by atoms with Crippen LogP contribution in [0.2, 0.25) is 0 Å². The molecule has 0 aliphatic carbocycles. The van der Waals surface area contributed by atoms with Crippen LogP contribution in [0.1, 0.15) is 22.5 Å². The summed E-state index contributed by atoms with van der Waals surface area (Å²) < 4.78 is 100. The fourth-order valence-corrected chi connectivity index (χ4v) is 3.82. The van der Waals surface area contributed by atoms with Gasteiger partial charge in [0.1, 0.15) is 22.5 Å². The van der Waals surface area contributed by atoms with Crippen molar-refractivity contribution in [2.75, 3.05) is 5.32 Å². The number of imidazole rings is 1. The average molecular weight is 537 g/mol. The summed E-state index contributed by atoms with van der Waals surface area (Å²) in [4.78, 5) is 7.11. The maximum Gasteiger partial charge on any atom is 0.417 e. The third kappa shape index (κ3) is 5.14. The molecule has 0 spiro atoms. The number of hydrogen-bond donors (Lipinski definition) is 2. The molecule has 5 aromatic rings. The minimum Gasteiger partial charge on any atom is -0.359 e. The number of H-pyrrole nitrogens is 1. The Hall–Kier alpha value is -4.49. The lowest BCUT2D eigenvalue weighted by atomic mass is 10.0. The number of fused-ring (bicyclic) bond motifs is 1.